The number of aryl methyl sites for hydroxylation is 1. The van der Waals surface area contributed by atoms with E-state index in [0.717, 1.165) is 42.2 Å². The fraction of sp³-hybridized carbons (Fsp3) is 0.462. The minimum atomic E-state index is 0.665. The van der Waals surface area contributed by atoms with E-state index in [0.29, 0.717) is 5.65 Å². The summed E-state index contributed by atoms with van der Waals surface area (Å²) < 4.78 is 2.20. The predicted octanol–water partition coefficient (Wildman–Crippen LogP) is 1.73. The van der Waals surface area contributed by atoms with Crippen molar-refractivity contribution < 1.29 is 0 Å². The molecule has 0 unspecified atom stereocenters. The van der Waals surface area contributed by atoms with Crippen LogP contribution in [-0.4, -0.2) is 34.7 Å². The lowest BCUT2D eigenvalue weighted by molar-refractivity contribution is 0.518. The minimum Gasteiger partial charge on any atom is -0.341 e. The summed E-state index contributed by atoms with van der Waals surface area (Å²) in [4.78, 5) is 15.8. The van der Waals surface area contributed by atoms with Crippen LogP contribution in [0.1, 0.15) is 31.5 Å². The van der Waals surface area contributed by atoms with E-state index in [4.69, 9.17) is 0 Å². The predicted molar refractivity (Wildman–Crippen MR) is 72.9 cm³/mol. The summed E-state index contributed by atoms with van der Waals surface area (Å²) in [7, 11) is 0. The highest BCUT2D eigenvalue weighted by atomic mass is 15.3. The number of rotatable bonds is 1. The van der Waals surface area contributed by atoms with Gasteiger partial charge >= 0.3 is 0 Å². The van der Waals surface area contributed by atoms with Gasteiger partial charge in [-0.05, 0) is 12.8 Å². The molecule has 7 nitrogen and oxygen atoms in total. The summed E-state index contributed by atoms with van der Waals surface area (Å²) in [5, 5.41) is 8.70. The average Bonchev–Trinajstić information content (AvgIpc) is 3.04. The van der Waals surface area contributed by atoms with Gasteiger partial charge in [-0.25, -0.2) is 15.0 Å². The highest BCUT2D eigenvalue weighted by Gasteiger charge is 2.19. The number of nitrogens with zero attached hydrogens (tertiary/aromatic N) is 6. The van der Waals surface area contributed by atoms with E-state index in [1.807, 2.05) is 0 Å². The van der Waals surface area contributed by atoms with Gasteiger partial charge in [0.15, 0.2) is 11.5 Å². The van der Waals surface area contributed by atoms with Gasteiger partial charge in [0.05, 0.1) is 6.33 Å². The monoisotopic (exact) mass is 269 g/mol. The Morgan fingerprint density at radius 3 is 2.95 bits per heavy atom. The zero-order valence-electron chi connectivity index (χ0n) is 11.1. The van der Waals surface area contributed by atoms with Crippen LogP contribution in [0.25, 0.3) is 22.7 Å². The summed E-state index contributed by atoms with van der Waals surface area (Å²) in [5.74, 6) is 1.88. The summed E-state index contributed by atoms with van der Waals surface area (Å²) >= 11 is 0. The van der Waals surface area contributed by atoms with E-state index < -0.39 is 0 Å². The van der Waals surface area contributed by atoms with Crippen LogP contribution < -0.4 is 0 Å². The first-order valence-corrected chi connectivity index (χ1v) is 7.00. The average molecular weight is 269 g/mol. The van der Waals surface area contributed by atoms with Crippen molar-refractivity contribution >= 4 is 11.2 Å². The summed E-state index contributed by atoms with van der Waals surface area (Å²) in [6.07, 6.45) is 9.04. The van der Waals surface area contributed by atoms with Crippen molar-refractivity contribution in [1.29, 1.82) is 0 Å². The number of aromatic nitrogens is 7. The van der Waals surface area contributed by atoms with Crippen LogP contribution in [0.5, 0.6) is 0 Å². The molecule has 3 aromatic heterocycles. The molecule has 0 aliphatic carbocycles. The minimum absolute atomic E-state index is 0.665. The van der Waals surface area contributed by atoms with Crippen molar-refractivity contribution in [3.05, 3.63) is 18.5 Å². The van der Waals surface area contributed by atoms with Crippen molar-refractivity contribution in [1.82, 2.24) is 34.7 Å². The van der Waals surface area contributed by atoms with Crippen LogP contribution in [0, 0.1) is 0 Å². The van der Waals surface area contributed by atoms with E-state index in [9.17, 15) is 0 Å². The van der Waals surface area contributed by atoms with Gasteiger partial charge in [-0.3, -0.25) is 0 Å². The smallest absolute Gasteiger partial charge is 0.184 e. The molecule has 0 saturated heterocycles. The largest absolute Gasteiger partial charge is 0.341 e. The molecule has 3 aromatic rings. The van der Waals surface area contributed by atoms with Crippen molar-refractivity contribution in [2.24, 2.45) is 0 Å². The van der Waals surface area contributed by atoms with Crippen molar-refractivity contribution in [3.8, 4) is 11.5 Å². The molecular formula is C13H15N7. The molecular weight excluding hydrogens is 254 g/mol. The van der Waals surface area contributed by atoms with Gasteiger partial charge in [-0.15, -0.1) is 10.2 Å². The number of fused-ring (bicyclic) bond motifs is 2. The van der Waals surface area contributed by atoms with E-state index in [-0.39, 0.29) is 0 Å². The molecule has 1 aliphatic rings. The highest BCUT2D eigenvalue weighted by Crippen LogP contribution is 2.24. The molecule has 4 heterocycles. The molecule has 4 rings (SSSR count). The standard InChI is InChI=1S/C13H15N7/c1-2-4-6-20-9(5-3-1)18-19-13(20)11-10-12(16-7-14-10)17-8-15-11/h7-8H,1-6H2,(H,14,15,16,17). The third-order valence-electron chi connectivity index (χ3n) is 3.79. The van der Waals surface area contributed by atoms with Crippen LogP contribution in [-0.2, 0) is 13.0 Å². The Hall–Kier alpha value is -2.31. The Bertz CT molecular complexity index is 742. The van der Waals surface area contributed by atoms with Crippen LogP contribution in [0.15, 0.2) is 12.7 Å². The maximum absolute atomic E-state index is 4.38. The molecule has 1 aliphatic heterocycles. The van der Waals surface area contributed by atoms with E-state index >= 15 is 0 Å². The lowest BCUT2D eigenvalue weighted by Gasteiger charge is -2.13. The summed E-state index contributed by atoms with van der Waals surface area (Å²) in [5.41, 5.74) is 2.27. The summed E-state index contributed by atoms with van der Waals surface area (Å²) in [6.45, 7) is 0.956. The van der Waals surface area contributed by atoms with E-state index in [1.54, 1.807) is 6.33 Å². The van der Waals surface area contributed by atoms with Crippen molar-refractivity contribution in [2.75, 3.05) is 0 Å². The topological polar surface area (TPSA) is 85.2 Å². The number of nitrogens with one attached hydrogen (secondary N) is 1. The molecule has 7 heteroatoms. The van der Waals surface area contributed by atoms with Crippen LogP contribution in [0.3, 0.4) is 0 Å². The van der Waals surface area contributed by atoms with Crippen LogP contribution >= 0.6 is 0 Å². The fourth-order valence-corrected chi connectivity index (χ4v) is 2.77. The van der Waals surface area contributed by atoms with Gasteiger partial charge in [-0.1, -0.05) is 12.8 Å². The Labute approximate surface area is 115 Å². The van der Waals surface area contributed by atoms with Crippen molar-refractivity contribution in [2.45, 2.75) is 38.6 Å². The SMILES string of the molecule is c1nc(-c2nnc3n2CCCCCC3)c2[nH]cnc2n1. The zero-order chi connectivity index (χ0) is 13.4. The molecule has 0 bridgehead atoms. The lowest BCUT2D eigenvalue weighted by Crippen LogP contribution is -2.09. The summed E-state index contributed by atoms with van der Waals surface area (Å²) in [6, 6.07) is 0. The Morgan fingerprint density at radius 2 is 1.95 bits per heavy atom. The Morgan fingerprint density at radius 1 is 1.00 bits per heavy atom. The first kappa shape index (κ1) is 11.5. The first-order chi connectivity index (χ1) is 9.93. The molecule has 0 spiro atoms. The third kappa shape index (κ3) is 1.77. The molecule has 0 aromatic carbocycles. The van der Waals surface area contributed by atoms with Crippen LogP contribution in [0.2, 0.25) is 0 Å². The van der Waals surface area contributed by atoms with Gasteiger partial charge in [0.25, 0.3) is 0 Å². The quantitative estimate of drug-likeness (QED) is 0.727. The normalized spacial score (nSPS) is 15.8. The number of hydrogen-bond donors (Lipinski definition) is 1. The fourth-order valence-electron chi connectivity index (χ4n) is 2.77. The molecule has 0 fully saturated rings. The number of imidazole rings is 1. The molecule has 0 amide bonds. The van der Waals surface area contributed by atoms with E-state index in [2.05, 4.69) is 34.7 Å². The molecule has 0 radical (unpaired) electrons. The second-order valence-electron chi connectivity index (χ2n) is 5.08. The molecule has 102 valence electrons. The van der Waals surface area contributed by atoms with Crippen LogP contribution in [0.4, 0.5) is 0 Å². The zero-order valence-corrected chi connectivity index (χ0v) is 11.1. The number of H-pyrrole nitrogens is 1. The molecule has 0 saturated carbocycles. The Kier molecular flexibility index (Phi) is 2.68. The third-order valence-corrected chi connectivity index (χ3v) is 3.79. The van der Waals surface area contributed by atoms with Gasteiger partial charge in [0, 0.05) is 13.0 Å². The van der Waals surface area contributed by atoms with Gasteiger partial charge in [0.2, 0.25) is 0 Å². The highest BCUT2D eigenvalue weighted by molar-refractivity contribution is 5.84. The molecule has 1 N–H and O–H groups in total. The maximum atomic E-state index is 4.38. The molecule has 20 heavy (non-hydrogen) atoms. The molecule has 0 atom stereocenters. The van der Waals surface area contributed by atoms with Gasteiger partial charge < -0.3 is 9.55 Å². The van der Waals surface area contributed by atoms with Crippen molar-refractivity contribution in [3.63, 3.8) is 0 Å². The second-order valence-corrected chi connectivity index (χ2v) is 5.08. The van der Waals surface area contributed by atoms with E-state index in [1.165, 1.54) is 25.6 Å². The second kappa shape index (κ2) is 4.66. The Balaban J connectivity index is 1.88. The number of aromatic amines is 1. The maximum Gasteiger partial charge on any atom is 0.184 e. The lowest BCUT2D eigenvalue weighted by atomic mass is 10.1. The van der Waals surface area contributed by atoms with Gasteiger partial charge in [-0.2, -0.15) is 0 Å². The first-order valence-electron chi connectivity index (χ1n) is 7.00. The van der Waals surface area contributed by atoms with Gasteiger partial charge in [0.1, 0.15) is 23.4 Å². The number of hydrogen-bond acceptors (Lipinski definition) is 5.